The first-order valence-electron chi connectivity index (χ1n) is 8.72. The highest BCUT2D eigenvalue weighted by Gasteiger charge is 2.31. The summed E-state index contributed by atoms with van der Waals surface area (Å²) in [7, 11) is 0. The van der Waals surface area contributed by atoms with Crippen molar-refractivity contribution in [1.82, 2.24) is 9.38 Å². The van der Waals surface area contributed by atoms with Crippen molar-refractivity contribution in [3.63, 3.8) is 0 Å². The molecule has 0 saturated carbocycles. The van der Waals surface area contributed by atoms with Gasteiger partial charge < -0.3 is 10.9 Å². The van der Waals surface area contributed by atoms with E-state index in [-0.39, 0.29) is 22.8 Å². The number of halogens is 4. The Kier molecular flexibility index (Phi) is 4.65. The number of oxime groups is 1. The SMILES string of the molecule is Nc1nc2ccc(/C(=N/O)c3ccccc3)cn2c1-c1ccc(C(F)(F)F)cc1F. The number of aromatic nitrogens is 2. The first-order chi connectivity index (χ1) is 14.3. The van der Waals surface area contributed by atoms with Gasteiger partial charge in [0.05, 0.1) is 11.3 Å². The molecular formula is C21H14F4N4O. The molecule has 4 aromatic rings. The van der Waals surface area contributed by atoms with Gasteiger partial charge in [-0.3, -0.25) is 4.40 Å². The fourth-order valence-corrected chi connectivity index (χ4v) is 3.23. The molecule has 0 atom stereocenters. The summed E-state index contributed by atoms with van der Waals surface area (Å²) >= 11 is 0. The molecule has 0 aliphatic heterocycles. The average Bonchev–Trinajstić information content (AvgIpc) is 3.04. The summed E-state index contributed by atoms with van der Waals surface area (Å²) in [5.41, 5.74) is 6.53. The zero-order valence-electron chi connectivity index (χ0n) is 15.2. The van der Waals surface area contributed by atoms with E-state index in [1.54, 1.807) is 36.4 Å². The van der Waals surface area contributed by atoms with E-state index in [2.05, 4.69) is 10.1 Å². The lowest BCUT2D eigenvalue weighted by Gasteiger charge is -2.11. The molecule has 9 heteroatoms. The predicted molar refractivity (Wildman–Crippen MR) is 104 cm³/mol. The zero-order valence-corrected chi connectivity index (χ0v) is 15.2. The third kappa shape index (κ3) is 3.34. The Balaban J connectivity index is 1.88. The molecule has 0 radical (unpaired) electrons. The fraction of sp³-hybridized carbons (Fsp3) is 0.0476. The molecule has 0 fully saturated rings. The smallest absolute Gasteiger partial charge is 0.410 e. The quantitative estimate of drug-likeness (QED) is 0.215. The molecule has 3 N–H and O–H groups in total. The molecule has 4 rings (SSSR count). The Labute approximate surface area is 167 Å². The standard InChI is InChI=1S/C21H14F4N4O/c22-16-10-14(21(23,24)25)7-8-15(16)19-20(26)27-17-9-6-13(11-29(17)19)18(28-30)12-4-2-1-3-5-12/h1-11,30H,26H2/b28-18+. The Morgan fingerprint density at radius 2 is 1.73 bits per heavy atom. The number of imidazole rings is 1. The lowest BCUT2D eigenvalue weighted by molar-refractivity contribution is -0.137. The second kappa shape index (κ2) is 7.18. The van der Waals surface area contributed by atoms with Gasteiger partial charge in [0, 0.05) is 22.9 Å². The van der Waals surface area contributed by atoms with Gasteiger partial charge in [-0.15, -0.1) is 0 Å². The molecule has 152 valence electrons. The highest BCUT2D eigenvalue weighted by atomic mass is 19.4. The van der Waals surface area contributed by atoms with Crippen molar-refractivity contribution in [2.45, 2.75) is 6.18 Å². The number of benzene rings is 2. The van der Waals surface area contributed by atoms with Crippen molar-refractivity contribution in [3.8, 4) is 11.3 Å². The van der Waals surface area contributed by atoms with Crippen LogP contribution in [0.4, 0.5) is 23.4 Å². The zero-order chi connectivity index (χ0) is 21.5. The molecule has 2 aromatic heterocycles. The third-order valence-electron chi connectivity index (χ3n) is 4.62. The molecule has 2 aromatic carbocycles. The molecule has 30 heavy (non-hydrogen) atoms. The van der Waals surface area contributed by atoms with Gasteiger partial charge >= 0.3 is 6.18 Å². The lowest BCUT2D eigenvalue weighted by atomic mass is 10.0. The highest BCUT2D eigenvalue weighted by Crippen LogP contribution is 2.35. The van der Waals surface area contributed by atoms with E-state index in [0.717, 1.165) is 12.1 Å². The van der Waals surface area contributed by atoms with Crippen LogP contribution in [0, 0.1) is 5.82 Å². The van der Waals surface area contributed by atoms with Crippen molar-refractivity contribution in [3.05, 3.63) is 89.4 Å². The summed E-state index contributed by atoms with van der Waals surface area (Å²) < 4.78 is 54.6. The fourth-order valence-electron chi connectivity index (χ4n) is 3.23. The monoisotopic (exact) mass is 414 g/mol. The number of nitrogen functional groups attached to an aromatic ring is 1. The number of pyridine rings is 1. The van der Waals surface area contributed by atoms with Crippen LogP contribution in [0.1, 0.15) is 16.7 Å². The van der Waals surface area contributed by atoms with E-state index in [9.17, 15) is 22.8 Å². The lowest BCUT2D eigenvalue weighted by Crippen LogP contribution is -2.07. The van der Waals surface area contributed by atoms with Gasteiger partial charge in [-0.2, -0.15) is 13.2 Å². The summed E-state index contributed by atoms with van der Waals surface area (Å²) in [6.45, 7) is 0. The number of hydrogen-bond acceptors (Lipinski definition) is 4. The second-order valence-electron chi connectivity index (χ2n) is 6.50. The van der Waals surface area contributed by atoms with E-state index >= 15 is 0 Å². The number of alkyl halides is 3. The number of hydrogen-bond donors (Lipinski definition) is 2. The van der Waals surface area contributed by atoms with Crippen molar-refractivity contribution >= 4 is 17.2 Å². The number of anilines is 1. The maximum atomic E-state index is 14.6. The normalized spacial score (nSPS) is 12.5. The number of nitrogens with two attached hydrogens (primary N) is 1. The molecule has 0 saturated heterocycles. The summed E-state index contributed by atoms with van der Waals surface area (Å²) in [5.74, 6) is -1.13. The Hall–Kier alpha value is -3.88. The first kappa shape index (κ1) is 19.4. The van der Waals surface area contributed by atoms with Gasteiger partial charge in [0.15, 0.2) is 5.82 Å². The average molecular weight is 414 g/mol. The minimum absolute atomic E-state index is 0.0481. The van der Waals surface area contributed by atoms with Gasteiger partial charge in [0.2, 0.25) is 0 Å². The summed E-state index contributed by atoms with van der Waals surface area (Å²) in [6.07, 6.45) is -3.13. The molecule has 0 amide bonds. The second-order valence-corrected chi connectivity index (χ2v) is 6.50. The van der Waals surface area contributed by atoms with Crippen LogP contribution in [0.15, 0.2) is 72.0 Å². The number of nitrogens with zero attached hydrogens (tertiary/aromatic N) is 3. The topological polar surface area (TPSA) is 75.9 Å². The molecule has 0 aliphatic rings. The van der Waals surface area contributed by atoms with E-state index in [1.165, 1.54) is 10.6 Å². The highest BCUT2D eigenvalue weighted by molar-refractivity contribution is 6.12. The van der Waals surface area contributed by atoms with Gasteiger partial charge in [0.25, 0.3) is 0 Å². The van der Waals surface area contributed by atoms with Gasteiger partial charge in [0.1, 0.15) is 17.2 Å². The molecular weight excluding hydrogens is 400 g/mol. The molecule has 0 unspecified atom stereocenters. The summed E-state index contributed by atoms with van der Waals surface area (Å²) in [6, 6.07) is 14.3. The number of rotatable bonds is 3. The summed E-state index contributed by atoms with van der Waals surface area (Å²) in [4.78, 5) is 4.15. The van der Waals surface area contributed by atoms with Crippen LogP contribution in [-0.2, 0) is 6.18 Å². The van der Waals surface area contributed by atoms with E-state index < -0.39 is 17.6 Å². The van der Waals surface area contributed by atoms with Crippen LogP contribution >= 0.6 is 0 Å². The van der Waals surface area contributed by atoms with Gasteiger partial charge in [-0.1, -0.05) is 35.5 Å². The molecule has 0 spiro atoms. The van der Waals surface area contributed by atoms with Crippen LogP contribution < -0.4 is 5.73 Å². The van der Waals surface area contributed by atoms with E-state index in [4.69, 9.17) is 5.73 Å². The Morgan fingerprint density at radius 1 is 1.00 bits per heavy atom. The maximum absolute atomic E-state index is 14.6. The number of fused-ring (bicyclic) bond motifs is 1. The predicted octanol–water partition coefficient (Wildman–Crippen LogP) is 4.97. The van der Waals surface area contributed by atoms with Crippen LogP contribution in [0.3, 0.4) is 0 Å². The molecule has 0 aliphatic carbocycles. The minimum Gasteiger partial charge on any atom is -0.410 e. The summed E-state index contributed by atoms with van der Waals surface area (Å²) in [5, 5.41) is 12.9. The molecule has 2 heterocycles. The largest absolute Gasteiger partial charge is 0.416 e. The first-order valence-corrected chi connectivity index (χ1v) is 8.72. The molecule has 0 bridgehead atoms. The van der Waals surface area contributed by atoms with Crippen molar-refractivity contribution in [2.24, 2.45) is 5.16 Å². The van der Waals surface area contributed by atoms with Crippen LogP contribution in [0.5, 0.6) is 0 Å². The van der Waals surface area contributed by atoms with E-state index in [0.29, 0.717) is 22.8 Å². The van der Waals surface area contributed by atoms with Crippen molar-refractivity contribution < 1.29 is 22.8 Å². The van der Waals surface area contributed by atoms with Gasteiger partial charge in [-0.25, -0.2) is 9.37 Å². The van der Waals surface area contributed by atoms with Crippen molar-refractivity contribution in [1.29, 1.82) is 0 Å². The van der Waals surface area contributed by atoms with Gasteiger partial charge in [-0.05, 0) is 30.3 Å². The van der Waals surface area contributed by atoms with Crippen molar-refractivity contribution in [2.75, 3.05) is 5.73 Å². The maximum Gasteiger partial charge on any atom is 0.416 e. The Morgan fingerprint density at radius 3 is 2.37 bits per heavy atom. The van der Waals surface area contributed by atoms with Crippen LogP contribution in [0.2, 0.25) is 0 Å². The van der Waals surface area contributed by atoms with Crippen LogP contribution in [-0.4, -0.2) is 20.3 Å². The minimum atomic E-state index is -4.67. The van der Waals surface area contributed by atoms with E-state index in [1.807, 2.05) is 6.07 Å². The molecule has 5 nitrogen and oxygen atoms in total. The third-order valence-corrected chi connectivity index (χ3v) is 4.62. The Bertz CT molecular complexity index is 1260. The van der Waals surface area contributed by atoms with Crippen LogP contribution in [0.25, 0.3) is 16.9 Å².